The lowest BCUT2D eigenvalue weighted by Gasteiger charge is -2.18. The zero-order valence-electron chi connectivity index (χ0n) is 15.5. The van der Waals surface area contributed by atoms with Crippen LogP contribution < -0.4 is 10.5 Å². The van der Waals surface area contributed by atoms with Gasteiger partial charge in [-0.3, -0.25) is 0 Å². The van der Waals surface area contributed by atoms with Gasteiger partial charge in [-0.1, -0.05) is 57.2 Å². The minimum atomic E-state index is 0.342. The highest BCUT2D eigenvalue weighted by Crippen LogP contribution is 2.26. The predicted molar refractivity (Wildman–Crippen MR) is 103 cm³/mol. The molecule has 0 amide bonds. The minimum Gasteiger partial charge on any atom is -0.493 e. The lowest BCUT2D eigenvalue weighted by Crippen LogP contribution is -2.15. The fourth-order valence-corrected chi connectivity index (χ4v) is 2.96. The van der Waals surface area contributed by atoms with E-state index in [1.165, 1.54) is 22.3 Å². The van der Waals surface area contributed by atoms with Gasteiger partial charge in [0.1, 0.15) is 5.75 Å². The van der Waals surface area contributed by atoms with E-state index in [1.54, 1.807) is 0 Å². The largest absolute Gasteiger partial charge is 0.493 e. The maximum Gasteiger partial charge on any atom is 0.122 e. The average molecular weight is 325 g/mol. The van der Waals surface area contributed by atoms with E-state index in [1.807, 2.05) is 0 Å². The number of rotatable bonds is 8. The van der Waals surface area contributed by atoms with Gasteiger partial charge in [-0.2, -0.15) is 0 Å². The van der Waals surface area contributed by atoms with Gasteiger partial charge in [0.05, 0.1) is 6.61 Å². The molecule has 2 heteroatoms. The summed E-state index contributed by atoms with van der Waals surface area (Å²) in [6, 6.07) is 15.4. The maximum absolute atomic E-state index is 6.07. The summed E-state index contributed by atoms with van der Waals surface area (Å²) in [4.78, 5) is 0. The molecule has 0 fully saturated rings. The van der Waals surface area contributed by atoms with Crippen molar-refractivity contribution in [3.05, 3.63) is 64.7 Å². The number of hydrogen-bond donors (Lipinski definition) is 1. The van der Waals surface area contributed by atoms with Crippen molar-refractivity contribution in [2.75, 3.05) is 13.2 Å². The Morgan fingerprint density at radius 2 is 1.67 bits per heavy atom. The van der Waals surface area contributed by atoms with Crippen molar-refractivity contribution in [2.45, 2.75) is 52.4 Å². The number of nitrogens with two attached hydrogens (primary N) is 1. The van der Waals surface area contributed by atoms with Crippen LogP contribution >= 0.6 is 0 Å². The molecule has 2 rings (SSSR count). The second-order valence-electron chi connectivity index (χ2n) is 6.91. The van der Waals surface area contributed by atoms with Crippen LogP contribution in [-0.4, -0.2) is 13.2 Å². The van der Waals surface area contributed by atoms with Gasteiger partial charge in [-0.15, -0.1) is 0 Å². The van der Waals surface area contributed by atoms with Crippen LogP contribution in [0, 0.1) is 6.92 Å². The molecule has 0 aliphatic carbocycles. The third kappa shape index (κ3) is 4.85. The summed E-state index contributed by atoms with van der Waals surface area (Å²) in [5.41, 5.74) is 11.3. The van der Waals surface area contributed by atoms with E-state index in [2.05, 4.69) is 70.2 Å². The van der Waals surface area contributed by atoms with Crippen LogP contribution in [0.1, 0.15) is 61.3 Å². The Kier molecular flexibility index (Phi) is 6.86. The van der Waals surface area contributed by atoms with Crippen LogP contribution in [0.4, 0.5) is 0 Å². The van der Waals surface area contributed by atoms with Crippen molar-refractivity contribution in [3.63, 3.8) is 0 Å². The van der Waals surface area contributed by atoms with Gasteiger partial charge in [0.2, 0.25) is 0 Å². The third-order valence-corrected chi connectivity index (χ3v) is 4.55. The molecular weight excluding hydrogens is 294 g/mol. The molecule has 1 atom stereocenters. The molecule has 130 valence electrons. The standard InChI is InChI=1S/C22H31NO/c1-5-12-24-22-11-10-20(13-17(22)4)21(15-23)14-18-6-8-19(9-7-18)16(2)3/h6-11,13,16,21H,5,12,14-15,23H2,1-4H3. The van der Waals surface area contributed by atoms with Gasteiger partial charge >= 0.3 is 0 Å². The van der Waals surface area contributed by atoms with Crippen LogP contribution in [-0.2, 0) is 6.42 Å². The molecule has 0 bridgehead atoms. The summed E-state index contributed by atoms with van der Waals surface area (Å²) < 4.78 is 5.78. The molecule has 24 heavy (non-hydrogen) atoms. The lowest BCUT2D eigenvalue weighted by molar-refractivity contribution is 0.315. The van der Waals surface area contributed by atoms with Crippen molar-refractivity contribution in [1.29, 1.82) is 0 Å². The monoisotopic (exact) mass is 325 g/mol. The van der Waals surface area contributed by atoms with Crippen molar-refractivity contribution in [2.24, 2.45) is 5.73 Å². The fraction of sp³-hybridized carbons (Fsp3) is 0.455. The first-order chi connectivity index (χ1) is 11.5. The first kappa shape index (κ1) is 18.5. The van der Waals surface area contributed by atoms with E-state index in [-0.39, 0.29) is 0 Å². The normalized spacial score (nSPS) is 12.4. The quantitative estimate of drug-likeness (QED) is 0.724. The number of benzene rings is 2. The summed E-state index contributed by atoms with van der Waals surface area (Å²) >= 11 is 0. The highest BCUT2D eigenvalue weighted by Gasteiger charge is 2.13. The second kappa shape index (κ2) is 8.89. The SMILES string of the molecule is CCCOc1ccc(C(CN)Cc2ccc(C(C)C)cc2)cc1C. The minimum absolute atomic E-state index is 0.342. The van der Waals surface area contributed by atoms with Crippen LogP contribution in [0.5, 0.6) is 5.75 Å². The first-order valence-corrected chi connectivity index (χ1v) is 9.07. The van der Waals surface area contributed by atoms with Crippen molar-refractivity contribution >= 4 is 0 Å². The summed E-state index contributed by atoms with van der Waals surface area (Å²) in [7, 11) is 0. The van der Waals surface area contributed by atoms with Gasteiger partial charge in [0, 0.05) is 5.92 Å². The van der Waals surface area contributed by atoms with Gasteiger partial charge in [0.15, 0.2) is 0 Å². The third-order valence-electron chi connectivity index (χ3n) is 4.55. The zero-order chi connectivity index (χ0) is 17.5. The van der Waals surface area contributed by atoms with E-state index in [9.17, 15) is 0 Å². The summed E-state index contributed by atoms with van der Waals surface area (Å²) in [6.45, 7) is 10.1. The summed E-state index contributed by atoms with van der Waals surface area (Å²) in [5, 5.41) is 0. The molecule has 2 N–H and O–H groups in total. The van der Waals surface area contributed by atoms with Crippen LogP contribution in [0.3, 0.4) is 0 Å². The van der Waals surface area contributed by atoms with Gasteiger partial charge in [-0.25, -0.2) is 0 Å². The Balaban J connectivity index is 2.11. The molecule has 2 aromatic rings. The molecule has 2 aromatic carbocycles. The molecule has 0 saturated carbocycles. The van der Waals surface area contributed by atoms with Gasteiger partial charge in [0.25, 0.3) is 0 Å². The molecule has 2 nitrogen and oxygen atoms in total. The first-order valence-electron chi connectivity index (χ1n) is 9.07. The zero-order valence-corrected chi connectivity index (χ0v) is 15.5. The van der Waals surface area contributed by atoms with Gasteiger partial charge in [-0.05, 0) is 60.5 Å². The van der Waals surface area contributed by atoms with Crippen LogP contribution in [0.25, 0.3) is 0 Å². The molecule has 0 spiro atoms. The van der Waals surface area contributed by atoms with E-state index < -0.39 is 0 Å². The van der Waals surface area contributed by atoms with E-state index in [4.69, 9.17) is 10.5 Å². The molecule has 0 aliphatic heterocycles. The number of hydrogen-bond acceptors (Lipinski definition) is 2. The molecule has 0 aliphatic rings. The van der Waals surface area contributed by atoms with E-state index in [0.717, 1.165) is 25.2 Å². The number of aryl methyl sites for hydroxylation is 1. The van der Waals surface area contributed by atoms with Crippen molar-refractivity contribution < 1.29 is 4.74 Å². The Morgan fingerprint density at radius 3 is 2.21 bits per heavy atom. The highest BCUT2D eigenvalue weighted by atomic mass is 16.5. The maximum atomic E-state index is 6.07. The fourth-order valence-electron chi connectivity index (χ4n) is 2.96. The van der Waals surface area contributed by atoms with E-state index >= 15 is 0 Å². The topological polar surface area (TPSA) is 35.2 Å². The number of ether oxygens (including phenoxy) is 1. The van der Waals surface area contributed by atoms with Crippen molar-refractivity contribution in [3.8, 4) is 5.75 Å². The molecule has 0 aromatic heterocycles. The molecule has 0 radical (unpaired) electrons. The Bertz CT molecular complexity index is 631. The second-order valence-corrected chi connectivity index (χ2v) is 6.91. The average Bonchev–Trinajstić information content (AvgIpc) is 2.59. The van der Waals surface area contributed by atoms with Gasteiger partial charge < -0.3 is 10.5 Å². The smallest absolute Gasteiger partial charge is 0.122 e. The Hall–Kier alpha value is -1.80. The Morgan fingerprint density at radius 1 is 1.00 bits per heavy atom. The summed E-state index contributed by atoms with van der Waals surface area (Å²) in [6.07, 6.45) is 2.00. The van der Waals surface area contributed by atoms with Crippen molar-refractivity contribution in [1.82, 2.24) is 0 Å². The molecule has 1 unspecified atom stereocenters. The summed E-state index contributed by atoms with van der Waals surface area (Å²) in [5.74, 6) is 1.90. The predicted octanol–water partition coefficient (Wildman–Crippen LogP) is 5.19. The molecule has 0 heterocycles. The van der Waals surface area contributed by atoms with Crippen LogP contribution in [0.15, 0.2) is 42.5 Å². The van der Waals surface area contributed by atoms with Crippen LogP contribution in [0.2, 0.25) is 0 Å². The lowest BCUT2D eigenvalue weighted by atomic mass is 9.90. The Labute approximate surface area is 147 Å². The molecular formula is C22H31NO. The highest BCUT2D eigenvalue weighted by molar-refractivity contribution is 5.38. The molecule has 0 saturated heterocycles. The van der Waals surface area contributed by atoms with E-state index in [0.29, 0.717) is 18.4 Å².